The first kappa shape index (κ1) is 24.5. The van der Waals surface area contributed by atoms with Crippen LogP contribution in [0.25, 0.3) is 0 Å². The fourth-order valence-electron chi connectivity index (χ4n) is 2.62. The van der Waals surface area contributed by atoms with Crippen LogP contribution in [0.2, 0.25) is 0 Å². The average molecular weight is 371 g/mol. The number of nitrogens with zero attached hydrogens (tertiary/aromatic N) is 2. The molecule has 0 spiro atoms. The minimum atomic E-state index is -0.307. The SMILES string of the molecule is CCCCNC(=O)N(CCN(C(=O)NCCCC)C(C)(C)C)C(C)(C)C. The van der Waals surface area contributed by atoms with Crippen LogP contribution in [-0.4, -0.2) is 59.1 Å². The molecule has 2 N–H and O–H groups in total. The van der Waals surface area contributed by atoms with E-state index in [1.54, 1.807) is 0 Å². The van der Waals surface area contributed by atoms with Gasteiger partial charge in [-0.05, 0) is 54.4 Å². The summed E-state index contributed by atoms with van der Waals surface area (Å²) < 4.78 is 0. The van der Waals surface area contributed by atoms with Crippen molar-refractivity contribution in [2.75, 3.05) is 26.2 Å². The Morgan fingerprint density at radius 3 is 1.23 bits per heavy atom. The van der Waals surface area contributed by atoms with Crippen LogP contribution in [0.1, 0.15) is 81.1 Å². The molecule has 0 aromatic rings. The maximum Gasteiger partial charge on any atom is 0.317 e. The standard InChI is InChI=1S/C20H42N4O2/c1-9-11-13-21-17(25)23(19(3,4)5)15-16-24(20(6,7)8)18(26)22-14-12-10-2/h9-16H2,1-8H3,(H,21,25)(H,22,26). The first-order valence-electron chi connectivity index (χ1n) is 10.1. The zero-order valence-electron chi connectivity index (χ0n) is 18.4. The molecule has 0 aliphatic heterocycles. The summed E-state index contributed by atoms with van der Waals surface area (Å²) in [6.45, 7) is 18.7. The predicted molar refractivity (Wildman–Crippen MR) is 110 cm³/mol. The van der Waals surface area contributed by atoms with E-state index in [2.05, 4.69) is 24.5 Å². The van der Waals surface area contributed by atoms with Crippen LogP contribution in [0.15, 0.2) is 0 Å². The Morgan fingerprint density at radius 1 is 0.692 bits per heavy atom. The summed E-state index contributed by atoms with van der Waals surface area (Å²) in [6.07, 6.45) is 4.03. The summed E-state index contributed by atoms with van der Waals surface area (Å²) in [5, 5.41) is 5.98. The van der Waals surface area contributed by atoms with E-state index < -0.39 is 0 Å². The van der Waals surface area contributed by atoms with E-state index in [0.717, 1.165) is 25.7 Å². The van der Waals surface area contributed by atoms with Crippen molar-refractivity contribution in [2.45, 2.75) is 92.2 Å². The monoisotopic (exact) mass is 370 g/mol. The van der Waals surface area contributed by atoms with Gasteiger partial charge in [0.15, 0.2) is 0 Å². The quantitative estimate of drug-likeness (QED) is 0.597. The maximum absolute atomic E-state index is 12.6. The number of carbonyl (C=O) groups excluding carboxylic acids is 2. The van der Waals surface area contributed by atoms with E-state index in [1.165, 1.54) is 0 Å². The van der Waals surface area contributed by atoms with Gasteiger partial charge in [-0.3, -0.25) is 0 Å². The molecule has 4 amide bonds. The maximum atomic E-state index is 12.6. The molecule has 0 unspecified atom stereocenters. The zero-order valence-corrected chi connectivity index (χ0v) is 18.4. The molecule has 26 heavy (non-hydrogen) atoms. The van der Waals surface area contributed by atoms with Crippen molar-refractivity contribution < 1.29 is 9.59 Å². The number of hydrogen-bond acceptors (Lipinski definition) is 2. The van der Waals surface area contributed by atoms with Crippen LogP contribution in [0.4, 0.5) is 9.59 Å². The fraction of sp³-hybridized carbons (Fsp3) is 0.900. The predicted octanol–water partition coefficient (Wildman–Crippen LogP) is 4.21. The van der Waals surface area contributed by atoms with Gasteiger partial charge in [0.05, 0.1) is 0 Å². The van der Waals surface area contributed by atoms with Gasteiger partial charge < -0.3 is 20.4 Å². The van der Waals surface area contributed by atoms with Crippen LogP contribution in [0, 0.1) is 0 Å². The van der Waals surface area contributed by atoms with Crippen molar-refractivity contribution >= 4 is 12.1 Å². The van der Waals surface area contributed by atoms with Crippen LogP contribution in [0.5, 0.6) is 0 Å². The summed E-state index contributed by atoms with van der Waals surface area (Å²) in [4.78, 5) is 28.8. The molecule has 0 aromatic heterocycles. The molecular weight excluding hydrogens is 328 g/mol. The van der Waals surface area contributed by atoms with Gasteiger partial charge in [0.2, 0.25) is 0 Å². The molecule has 0 aromatic carbocycles. The Bertz CT molecular complexity index is 385. The van der Waals surface area contributed by atoms with Crippen molar-refractivity contribution in [3.05, 3.63) is 0 Å². The lowest BCUT2D eigenvalue weighted by Crippen LogP contribution is -2.57. The Hall–Kier alpha value is -1.46. The van der Waals surface area contributed by atoms with E-state index >= 15 is 0 Å². The number of hydrogen-bond donors (Lipinski definition) is 2. The molecule has 0 atom stereocenters. The molecule has 0 fully saturated rings. The topological polar surface area (TPSA) is 64.7 Å². The fourth-order valence-corrected chi connectivity index (χ4v) is 2.62. The number of rotatable bonds is 9. The van der Waals surface area contributed by atoms with E-state index in [9.17, 15) is 9.59 Å². The minimum absolute atomic E-state index is 0.0637. The largest absolute Gasteiger partial charge is 0.338 e. The third-order valence-corrected chi connectivity index (χ3v) is 4.27. The first-order valence-corrected chi connectivity index (χ1v) is 10.1. The third-order valence-electron chi connectivity index (χ3n) is 4.27. The molecule has 0 aliphatic rings. The Morgan fingerprint density at radius 2 is 1.00 bits per heavy atom. The lowest BCUT2D eigenvalue weighted by molar-refractivity contribution is 0.107. The van der Waals surface area contributed by atoms with Crippen LogP contribution in [0.3, 0.4) is 0 Å². The Balaban J connectivity index is 5.00. The summed E-state index contributed by atoms with van der Waals surface area (Å²) in [5.74, 6) is 0. The number of unbranched alkanes of at least 4 members (excludes halogenated alkanes) is 2. The van der Waals surface area contributed by atoms with Gasteiger partial charge in [-0.15, -0.1) is 0 Å². The molecule has 6 nitrogen and oxygen atoms in total. The van der Waals surface area contributed by atoms with Gasteiger partial charge in [0.25, 0.3) is 0 Å². The molecule has 6 heteroatoms. The highest BCUT2D eigenvalue weighted by Gasteiger charge is 2.30. The summed E-state index contributed by atoms with van der Waals surface area (Å²) in [7, 11) is 0. The van der Waals surface area contributed by atoms with Gasteiger partial charge in [0.1, 0.15) is 0 Å². The summed E-state index contributed by atoms with van der Waals surface area (Å²) in [5.41, 5.74) is -0.614. The zero-order chi connectivity index (χ0) is 20.4. The lowest BCUT2D eigenvalue weighted by Gasteiger charge is -2.40. The van der Waals surface area contributed by atoms with E-state index in [4.69, 9.17) is 0 Å². The van der Waals surface area contributed by atoms with Crippen molar-refractivity contribution in [1.29, 1.82) is 0 Å². The minimum Gasteiger partial charge on any atom is -0.338 e. The van der Waals surface area contributed by atoms with Crippen LogP contribution in [-0.2, 0) is 0 Å². The Labute approximate surface area is 161 Å². The second-order valence-electron chi connectivity index (χ2n) is 8.82. The van der Waals surface area contributed by atoms with E-state index in [1.807, 2.05) is 51.3 Å². The van der Waals surface area contributed by atoms with Crippen molar-refractivity contribution in [3.8, 4) is 0 Å². The van der Waals surface area contributed by atoms with Gasteiger partial charge in [0, 0.05) is 37.3 Å². The van der Waals surface area contributed by atoms with Gasteiger partial charge in [-0.1, -0.05) is 26.7 Å². The number of amides is 4. The second kappa shape index (κ2) is 11.3. The smallest absolute Gasteiger partial charge is 0.317 e. The molecule has 0 heterocycles. The summed E-state index contributed by atoms with van der Waals surface area (Å²) >= 11 is 0. The van der Waals surface area contributed by atoms with Gasteiger partial charge in [-0.2, -0.15) is 0 Å². The van der Waals surface area contributed by atoms with Crippen molar-refractivity contribution in [1.82, 2.24) is 20.4 Å². The highest BCUT2D eigenvalue weighted by Crippen LogP contribution is 2.17. The molecule has 0 saturated heterocycles. The molecule has 0 aliphatic carbocycles. The molecule has 154 valence electrons. The third kappa shape index (κ3) is 9.30. The summed E-state index contributed by atoms with van der Waals surface area (Å²) in [6, 6.07) is -0.127. The number of urea groups is 2. The highest BCUT2D eigenvalue weighted by molar-refractivity contribution is 5.76. The van der Waals surface area contributed by atoms with Crippen molar-refractivity contribution in [2.24, 2.45) is 0 Å². The highest BCUT2D eigenvalue weighted by atomic mass is 16.2. The molecule has 0 saturated carbocycles. The normalized spacial score (nSPS) is 11.8. The number of nitrogens with one attached hydrogen (secondary N) is 2. The Kier molecular flexibility index (Phi) is 10.7. The van der Waals surface area contributed by atoms with Gasteiger partial charge >= 0.3 is 12.1 Å². The van der Waals surface area contributed by atoms with E-state index in [-0.39, 0.29) is 23.1 Å². The van der Waals surface area contributed by atoms with Crippen molar-refractivity contribution in [3.63, 3.8) is 0 Å². The van der Waals surface area contributed by atoms with Crippen LogP contribution >= 0.6 is 0 Å². The lowest BCUT2D eigenvalue weighted by atomic mass is 10.0. The van der Waals surface area contributed by atoms with Gasteiger partial charge in [-0.25, -0.2) is 9.59 Å². The second-order valence-corrected chi connectivity index (χ2v) is 8.82. The number of carbonyl (C=O) groups is 2. The first-order chi connectivity index (χ1) is 11.9. The molecule has 0 rings (SSSR count). The molecular formula is C20H42N4O2. The van der Waals surface area contributed by atoms with E-state index in [0.29, 0.717) is 26.2 Å². The molecule has 0 bridgehead atoms. The molecule has 0 radical (unpaired) electrons. The van der Waals surface area contributed by atoms with Crippen LogP contribution < -0.4 is 10.6 Å². The average Bonchev–Trinajstić information content (AvgIpc) is 2.49.